The molecule has 1 aromatic carbocycles. The monoisotopic (exact) mass is 459 g/mol. The SMILES string of the molecule is CCCCCCCC(NC(=O)/C=C/c1cccnc1)S(=O)(=O)N(C)OCc1ccccc1. The Morgan fingerprint density at radius 3 is 2.56 bits per heavy atom. The van der Waals surface area contributed by atoms with E-state index in [4.69, 9.17) is 4.84 Å². The number of amides is 1. The Morgan fingerprint density at radius 1 is 1.12 bits per heavy atom. The fourth-order valence-electron chi connectivity index (χ4n) is 3.07. The molecule has 0 bridgehead atoms. The number of nitrogens with one attached hydrogen (secondary N) is 1. The van der Waals surface area contributed by atoms with E-state index in [0.29, 0.717) is 12.8 Å². The molecule has 1 unspecified atom stereocenters. The number of benzene rings is 1. The van der Waals surface area contributed by atoms with Gasteiger partial charge < -0.3 is 5.32 Å². The van der Waals surface area contributed by atoms with Crippen molar-refractivity contribution in [2.24, 2.45) is 0 Å². The zero-order valence-corrected chi connectivity index (χ0v) is 19.6. The van der Waals surface area contributed by atoms with E-state index in [1.165, 1.54) is 13.1 Å². The van der Waals surface area contributed by atoms with E-state index in [2.05, 4.69) is 17.2 Å². The first kappa shape index (κ1) is 25.7. The number of rotatable bonds is 14. The van der Waals surface area contributed by atoms with Gasteiger partial charge in [0.15, 0.2) is 0 Å². The second kappa shape index (κ2) is 13.8. The highest BCUT2D eigenvalue weighted by molar-refractivity contribution is 7.89. The lowest BCUT2D eigenvalue weighted by atomic mass is 10.1. The third-order valence-electron chi connectivity index (χ3n) is 4.96. The molecule has 0 radical (unpaired) electrons. The van der Waals surface area contributed by atoms with Crippen molar-refractivity contribution in [3.8, 4) is 0 Å². The van der Waals surface area contributed by atoms with Crippen LogP contribution in [0, 0.1) is 0 Å². The molecule has 0 fully saturated rings. The number of carbonyl (C=O) groups is 1. The van der Waals surface area contributed by atoms with Gasteiger partial charge in [-0.3, -0.25) is 14.6 Å². The summed E-state index contributed by atoms with van der Waals surface area (Å²) in [7, 11) is -2.55. The van der Waals surface area contributed by atoms with E-state index in [9.17, 15) is 13.2 Å². The summed E-state index contributed by atoms with van der Waals surface area (Å²) in [4.78, 5) is 22.0. The molecule has 0 aliphatic rings. The van der Waals surface area contributed by atoms with Crippen molar-refractivity contribution in [1.82, 2.24) is 14.8 Å². The lowest BCUT2D eigenvalue weighted by Gasteiger charge is -2.24. The van der Waals surface area contributed by atoms with Gasteiger partial charge in [-0.2, -0.15) is 0 Å². The van der Waals surface area contributed by atoms with Crippen molar-refractivity contribution >= 4 is 22.0 Å². The van der Waals surface area contributed by atoms with Gasteiger partial charge in [0.25, 0.3) is 10.0 Å². The Hall–Kier alpha value is -2.55. The van der Waals surface area contributed by atoms with Crippen molar-refractivity contribution in [3.05, 3.63) is 72.1 Å². The average molecular weight is 460 g/mol. The first-order valence-electron chi connectivity index (χ1n) is 11.0. The predicted octanol–water partition coefficient (Wildman–Crippen LogP) is 4.29. The minimum Gasteiger partial charge on any atom is -0.335 e. The van der Waals surface area contributed by atoms with E-state index in [1.54, 1.807) is 24.5 Å². The normalized spacial score (nSPS) is 12.8. The van der Waals surface area contributed by atoms with Gasteiger partial charge in [0.05, 0.1) is 6.61 Å². The number of aromatic nitrogens is 1. The Balaban J connectivity index is 2.03. The van der Waals surface area contributed by atoms with Crippen LogP contribution in [0.5, 0.6) is 0 Å². The fraction of sp³-hybridized carbons (Fsp3) is 0.417. The maximum absolute atomic E-state index is 13.1. The van der Waals surface area contributed by atoms with E-state index < -0.39 is 21.3 Å². The summed E-state index contributed by atoms with van der Waals surface area (Å²) < 4.78 is 27.1. The summed E-state index contributed by atoms with van der Waals surface area (Å²) in [5, 5.41) is 1.57. The minimum atomic E-state index is -3.91. The van der Waals surface area contributed by atoms with Gasteiger partial charge >= 0.3 is 0 Å². The predicted molar refractivity (Wildman–Crippen MR) is 126 cm³/mol. The van der Waals surface area contributed by atoms with Crippen LogP contribution in [-0.2, 0) is 26.3 Å². The van der Waals surface area contributed by atoms with Crippen LogP contribution < -0.4 is 5.32 Å². The Kier molecular flexibility index (Phi) is 11.1. The standard InChI is InChI=1S/C24H33N3O4S/c1-3-4-5-6-10-15-24(26-23(28)17-16-21-14-11-18-25-19-21)32(29,30)27(2)31-20-22-12-8-7-9-13-22/h7-9,11-14,16-19,24H,3-6,10,15,20H2,1-2H3,(H,26,28)/b17-16+. The van der Waals surface area contributed by atoms with Gasteiger partial charge in [-0.1, -0.05) is 79.9 Å². The third kappa shape index (κ3) is 8.90. The first-order valence-corrected chi connectivity index (χ1v) is 12.5. The maximum atomic E-state index is 13.1. The molecule has 0 aliphatic heterocycles. The molecular formula is C24H33N3O4S. The molecule has 0 saturated heterocycles. The number of nitrogens with zero attached hydrogens (tertiary/aromatic N) is 2. The number of hydrogen-bond acceptors (Lipinski definition) is 5. The summed E-state index contributed by atoms with van der Waals surface area (Å²) in [6.45, 7) is 2.25. The molecule has 2 rings (SSSR count). The lowest BCUT2D eigenvalue weighted by molar-refractivity contribution is -0.116. The largest absolute Gasteiger partial charge is 0.335 e. The molecule has 1 N–H and O–H groups in total. The summed E-state index contributed by atoms with van der Waals surface area (Å²) in [5.41, 5.74) is 1.61. The maximum Gasteiger partial charge on any atom is 0.256 e. The number of hydrogen-bond donors (Lipinski definition) is 1. The highest BCUT2D eigenvalue weighted by Crippen LogP contribution is 2.16. The molecule has 1 atom stereocenters. The van der Waals surface area contributed by atoms with Crippen LogP contribution in [0.2, 0.25) is 0 Å². The number of unbranched alkanes of at least 4 members (excludes halogenated alkanes) is 4. The average Bonchev–Trinajstić information content (AvgIpc) is 2.81. The zero-order valence-electron chi connectivity index (χ0n) is 18.8. The molecule has 1 aromatic heterocycles. The molecule has 7 nitrogen and oxygen atoms in total. The van der Waals surface area contributed by atoms with Crippen LogP contribution >= 0.6 is 0 Å². The second-order valence-electron chi connectivity index (χ2n) is 7.53. The van der Waals surface area contributed by atoms with E-state index in [1.807, 2.05) is 36.4 Å². The number of hydroxylamine groups is 1. The third-order valence-corrected chi connectivity index (χ3v) is 6.85. The van der Waals surface area contributed by atoms with E-state index in [0.717, 1.165) is 41.3 Å². The van der Waals surface area contributed by atoms with Crippen LogP contribution in [0.3, 0.4) is 0 Å². The highest BCUT2D eigenvalue weighted by Gasteiger charge is 2.31. The van der Waals surface area contributed by atoms with E-state index in [-0.39, 0.29) is 6.61 Å². The zero-order chi connectivity index (χ0) is 23.2. The molecule has 2 aromatic rings. The summed E-state index contributed by atoms with van der Waals surface area (Å²) >= 11 is 0. The number of carbonyl (C=O) groups excluding carboxylic acids is 1. The Labute approximate surface area is 191 Å². The van der Waals surface area contributed by atoms with Gasteiger partial charge in [0.1, 0.15) is 5.37 Å². The molecule has 1 amide bonds. The molecule has 32 heavy (non-hydrogen) atoms. The van der Waals surface area contributed by atoms with Crippen molar-refractivity contribution in [1.29, 1.82) is 0 Å². The first-order chi connectivity index (χ1) is 15.4. The quantitative estimate of drug-likeness (QED) is 0.259. The number of pyridine rings is 1. The molecule has 0 aliphatic carbocycles. The molecule has 0 spiro atoms. The smallest absolute Gasteiger partial charge is 0.256 e. The topological polar surface area (TPSA) is 88.6 Å². The van der Waals surface area contributed by atoms with Gasteiger partial charge in [0.2, 0.25) is 5.91 Å². The van der Waals surface area contributed by atoms with Crippen LogP contribution in [0.25, 0.3) is 6.08 Å². The summed E-state index contributed by atoms with van der Waals surface area (Å²) in [5.74, 6) is -0.479. The summed E-state index contributed by atoms with van der Waals surface area (Å²) in [6, 6.07) is 12.9. The molecule has 174 valence electrons. The fourth-order valence-corrected chi connectivity index (χ4v) is 4.36. The van der Waals surface area contributed by atoms with Crippen LogP contribution in [-0.4, -0.2) is 36.2 Å². The van der Waals surface area contributed by atoms with Crippen molar-refractivity contribution in [3.63, 3.8) is 0 Å². The molecular weight excluding hydrogens is 426 g/mol. The van der Waals surface area contributed by atoms with Gasteiger partial charge in [-0.15, -0.1) is 0 Å². The van der Waals surface area contributed by atoms with Crippen LogP contribution in [0.15, 0.2) is 60.9 Å². The molecule has 8 heteroatoms. The van der Waals surface area contributed by atoms with Crippen LogP contribution in [0.4, 0.5) is 0 Å². The Morgan fingerprint density at radius 2 is 1.88 bits per heavy atom. The molecule has 0 saturated carbocycles. The minimum absolute atomic E-state index is 0.120. The lowest BCUT2D eigenvalue weighted by Crippen LogP contribution is -2.46. The highest BCUT2D eigenvalue weighted by atomic mass is 32.2. The molecule has 1 heterocycles. The summed E-state index contributed by atoms with van der Waals surface area (Å²) in [6.07, 6.45) is 11.4. The van der Waals surface area contributed by atoms with Gasteiger partial charge in [-0.05, 0) is 29.7 Å². The van der Waals surface area contributed by atoms with Crippen molar-refractivity contribution < 1.29 is 18.0 Å². The van der Waals surface area contributed by atoms with Gasteiger partial charge in [0, 0.05) is 25.5 Å². The van der Waals surface area contributed by atoms with Crippen molar-refractivity contribution in [2.75, 3.05) is 7.05 Å². The van der Waals surface area contributed by atoms with Gasteiger partial charge in [-0.25, -0.2) is 8.42 Å². The van der Waals surface area contributed by atoms with Crippen molar-refractivity contribution in [2.45, 2.75) is 57.4 Å². The van der Waals surface area contributed by atoms with E-state index >= 15 is 0 Å². The Bertz CT molecular complexity index is 934. The number of sulfonamides is 1. The van der Waals surface area contributed by atoms with Crippen LogP contribution in [0.1, 0.15) is 56.6 Å². The second-order valence-corrected chi connectivity index (χ2v) is 9.65.